The summed E-state index contributed by atoms with van der Waals surface area (Å²) in [5.74, 6) is -0.458. The van der Waals surface area contributed by atoms with Crippen LogP contribution in [0.15, 0.2) is 63.2 Å². The second-order valence-electron chi connectivity index (χ2n) is 6.79. The van der Waals surface area contributed by atoms with Crippen LogP contribution >= 0.6 is 34.4 Å². The van der Waals surface area contributed by atoms with Crippen molar-refractivity contribution in [2.75, 3.05) is 6.54 Å². The molecule has 0 aliphatic carbocycles. The molecule has 0 radical (unpaired) electrons. The highest BCUT2D eigenvalue weighted by Crippen LogP contribution is 2.35. The Kier molecular flexibility index (Phi) is 6.73. The minimum Gasteiger partial charge on any atom is -0.338 e. The van der Waals surface area contributed by atoms with E-state index in [1.54, 1.807) is 25.2 Å². The molecule has 1 atom stereocenters. The van der Waals surface area contributed by atoms with Gasteiger partial charge in [0, 0.05) is 22.4 Å². The third-order valence-corrected chi connectivity index (χ3v) is 7.43. The number of hydrogen-bond donors (Lipinski definition) is 2. The number of hydrogen-bond acceptors (Lipinski definition) is 7. The Morgan fingerprint density at radius 1 is 1.16 bits per heavy atom. The number of aromatic nitrogens is 2. The van der Waals surface area contributed by atoms with Gasteiger partial charge in [-0.1, -0.05) is 36.0 Å². The number of para-hydroxylation sites is 1. The maximum Gasteiger partial charge on any atom is 0.321 e. The zero-order valence-electron chi connectivity index (χ0n) is 17.3. The first-order chi connectivity index (χ1) is 15.5. The molecule has 3 heterocycles. The summed E-state index contributed by atoms with van der Waals surface area (Å²) in [6.07, 6.45) is 0. The van der Waals surface area contributed by atoms with Crippen molar-refractivity contribution in [2.45, 2.75) is 24.3 Å². The van der Waals surface area contributed by atoms with Crippen LogP contribution < -0.4 is 16.2 Å². The molecule has 0 saturated heterocycles. The summed E-state index contributed by atoms with van der Waals surface area (Å²) >= 11 is 4.11. The number of carbonyl (C=O) groups is 2. The number of nitrogens with zero attached hydrogens (tertiary/aromatic N) is 2. The van der Waals surface area contributed by atoms with Crippen LogP contribution in [0.25, 0.3) is 26.3 Å². The van der Waals surface area contributed by atoms with Gasteiger partial charge >= 0.3 is 6.03 Å². The Balaban J connectivity index is 1.79. The zero-order chi connectivity index (χ0) is 22.7. The fourth-order valence-corrected chi connectivity index (χ4v) is 5.83. The second kappa shape index (κ2) is 9.68. The predicted molar refractivity (Wildman–Crippen MR) is 131 cm³/mol. The first-order valence-corrected chi connectivity index (χ1v) is 12.5. The van der Waals surface area contributed by atoms with Crippen LogP contribution in [0.3, 0.4) is 0 Å². The van der Waals surface area contributed by atoms with E-state index in [0.717, 1.165) is 22.2 Å². The summed E-state index contributed by atoms with van der Waals surface area (Å²) < 4.78 is 1.53. The molecule has 0 aliphatic rings. The van der Waals surface area contributed by atoms with Gasteiger partial charge < -0.3 is 5.32 Å². The predicted octanol–water partition coefficient (Wildman–Crippen LogP) is 4.50. The van der Waals surface area contributed by atoms with Crippen LogP contribution in [0.1, 0.15) is 13.8 Å². The molecule has 1 aromatic carbocycles. The first-order valence-electron chi connectivity index (χ1n) is 9.88. The maximum atomic E-state index is 13.7. The van der Waals surface area contributed by atoms with Gasteiger partial charge in [-0.3, -0.25) is 19.5 Å². The van der Waals surface area contributed by atoms with E-state index in [1.807, 2.05) is 53.2 Å². The van der Waals surface area contributed by atoms with Crippen LogP contribution in [-0.2, 0) is 4.79 Å². The molecule has 10 heteroatoms. The van der Waals surface area contributed by atoms with Crippen LogP contribution in [0.4, 0.5) is 4.79 Å². The molecule has 0 spiro atoms. The summed E-state index contributed by atoms with van der Waals surface area (Å²) in [5, 5.41) is 9.08. The van der Waals surface area contributed by atoms with Crippen molar-refractivity contribution in [1.82, 2.24) is 20.2 Å². The zero-order valence-corrected chi connectivity index (χ0v) is 19.8. The Morgan fingerprint density at radius 3 is 2.62 bits per heavy atom. The van der Waals surface area contributed by atoms with Crippen molar-refractivity contribution >= 4 is 56.6 Å². The molecule has 32 heavy (non-hydrogen) atoms. The molecule has 4 aromatic rings. The number of benzene rings is 1. The van der Waals surface area contributed by atoms with E-state index in [1.165, 1.54) is 15.9 Å². The molecule has 0 saturated carbocycles. The summed E-state index contributed by atoms with van der Waals surface area (Å²) in [5.41, 5.74) is 1.33. The summed E-state index contributed by atoms with van der Waals surface area (Å²) in [6.45, 7) is 3.86. The van der Waals surface area contributed by atoms with Gasteiger partial charge in [-0.25, -0.2) is 9.78 Å². The molecular formula is C22H20N4O3S3. The van der Waals surface area contributed by atoms with Crippen LogP contribution in [0.2, 0.25) is 0 Å². The molecule has 3 amide bonds. The minimum atomic E-state index is -0.645. The topological polar surface area (TPSA) is 93.1 Å². The number of fused-ring (bicyclic) bond motifs is 1. The van der Waals surface area contributed by atoms with Crippen molar-refractivity contribution in [3.8, 4) is 16.1 Å². The molecule has 0 fully saturated rings. The van der Waals surface area contributed by atoms with Crippen molar-refractivity contribution in [3.63, 3.8) is 0 Å². The molecule has 1 unspecified atom stereocenters. The molecule has 2 N–H and O–H groups in total. The van der Waals surface area contributed by atoms with Gasteiger partial charge in [-0.05, 0) is 37.4 Å². The lowest BCUT2D eigenvalue weighted by Crippen LogP contribution is -2.42. The van der Waals surface area contributed by atoms with E-state index in [-0.39, 0.29) is 5.56 Å². The standard InChI is InChI=1S/C22H20N4O3S3/c1-3-23-21(29)24-18(27)13(2)32-22-25-19-17(15(12-31-19)16-10-7-11-30-16)20(28)26(22)14-8-5-4-6-9-14/h4-13H,3H2,1-2H3,(H2,23,24,27,29). The van der Waals surface area contributed by atoms with Gasteiger partial charge in [0.05, 0.1) is 16.3 Å². The number of rotatable bonds is 6. The lowest BCUT2D eigenvalue weighted by molar-refractivity contribution is -0.119. The molecule has 3 aromatic heterocycles. The summed E-state index contributed by atoms with van der Waals surface area (Å²) in [7, 11) is 0. The second-order valence-corrected chi connectivity index (χ2v) is 9.90. The van der Waals surface area contributed by atoms with Crippen molar-refractivity contribution in [3.05, 3.63) is 63.6 Å². The number of urea groups is 1. The Bertz CT molecular complexity index is 1310. The fourth-order valence-electron chi connectivity index (χ4n) is 3.10. The average molecular weight is 485 g/mol. The molecule has 164 valence electrons. The van der Waals surface area contributed by atoms with Gasteiger partial charge in [-0.15, -0.1) is 22.7 Å². The highest BCUT2D eigenvalue weighted by molar-refractivity contribution is 8.00. The van der Waals surface area contributed by atoms with Crippen LogP contribution in [0.5, 0.6) is 0 Å². The number of thiophene rings is 2. The van der Waals surface area contributed by atoms with Crippen LogP contribution in [-0.4, -0.2) is 33.3 Å². The fraction of sp³-hybridized carbons (Fsp3) is 0.182. The van der Waals surface area contributed by atoms with E-state index in [2.05, 4.69) is 10.6 Å². The number of amides is 3. The van der Waals surface area contributed by atoms with Crippen molar-refractivity contribution < 1.29 is 9.59 Å². The molecule has 0 bridgehead atoms. The largest absolute Gasteiger partial charge is 0.338 e. The van der Waals surface area contributed by atoms with Gasteiger partial charge in [0.2, 0.25) is 5.91 Å². The Morgan fingerprint density at radius 2 is 1.94 bits per heavy atom. The summed E-state index contributed by atoms with van der Waals surface area (Å²) in [6, 6.07) is 12.6. The monoisotopic (exact) mass is 484 g/mol. The van der Waals surface area contributed by atoms with E-state index >= 15 is 0 Å². The third-order valence-electron chi connectivity index (χ3n) is 4.60. The summed E-state index contributed by atoms with van der Waals surface area (Å²) in [4.78, 5) is 44.3. The molecule has 7 nitrogen and oxygen atoms in total. The molecule has 4 rings (SSSR count). The first kappa shape index (κ1) is 22.3. The van der Waals surface area contributed by atoms with Gasteiger partial charge in [0.25, 0.3) is 5.56 Å². The average Bonchev–Trinajstić information content (AvgIpc) is 3.44. The van der Waals surface area contributed by atoms with Crippen molar-refractivity contribution in [1.29, 1.82) is 0 Å². The highest BCUT2D eigenvalue weighted by Gasteiger charge is 2.23. The van der Waals surface area contributed by atoms with Gasteiger partial charge in [0.1, 0.15) is 4.83 Å². The smallest absolute Gasteiger partial charge is 0.321 e. The lowest BCUT2D eigenvalue weighted by Gasteiger charge is -2.15. The third kappa shape index (κ3) is 4.47. The van der Waals surface area contributed by atoms with Gasteiger partial charge in [-0.2, -0.15) is 0 Å². The minimum absolute atomic E-state index is 0.190. The lowest BCUT2D eigenvalue weighted by atomic mass is 10.2. The molecule has 0 aliphatic heterocycles. The normalized spacial score (nSPS) is 11.9. The van der Waals surface area contributed by atoms with Gasteiger partial charge in [0.15, 0.2) is 5.16 Å². The van der Waals surface area contributed by atoms with E-state index in [0.29, 0.717) is 27.6 Å². The number of imide groups is 1. The van der Waals surface area contributed by atoms with Crippen LogP contribution in [0, 0.1) is 0 Å². The molecular weight excluding hydrogens is 464 g/mol. The quantitative estimate of drug-likeness (QED) is 0.310. The van der Waals surface area contributed by atoms with Crippen molar-refractivity contribution in [2.24, 2.45) is 0 Å². The number of nitrogens with one attached hydrogen (secondary N) is 2. The van der Waals surface area contributed by atoms with E-state index < -0.39 is 17.2 Å². The Hall–Kier alpha value is -2.95. The maximum absolute atomic E-state index is 13.7. The SMILES string of the molecule is CCNC(=O)NC(=O)C(C)Sc1nc2scc(-c3cccs3)c2c(=O)n1-c1ccccc1. The Labute approximate surface area is 196 Å². The number of carbonyl (C=O) groups excluding carboxylic acids is 2. The van der Waals surface area contributed by atoms with E-state index in [9.17, 15) is 14.4 Å². The van der Waals surface area contributed by atoms with E-state index in [4.69, 9.17) is 4.98 Å². The number of thioether (sulfide) groups is 1. The highest BCUT2D eigenvalue weighted by atomic mass is 32.2.